The van der Waals surface area contributed by atoms with Gasteiger partial charge in [-0.1, -0.05) is 11.6 Å². The highest BCUT2D eigenvalue weighted by atomic mass is 79.9. The fourth-order valence-corrected chi connectivity index (χ4v) is 7.61. The second kappa shape index (κ2) is 15.0. The van der Waals surface area contributed by atoms with E-state index in [1.54, 1.807) is 17.8 Å². The lowest BCUT2D eigenvalue weighted by molar-refractivity contribution is -0.127. The molecule has 6 N–H and O–H groups in total. The number of carbonyl (C=O) groups excluding carboxylic acids is 4. The number of piperidine rings is 1. The van der Waals surface area contributed by atoms with Crippen molar-refractivity contribution < 1.29 is 24.3 Å². The van der Waals surface area contributed by atoms with Crippen LogP contribution in [-0.4, -0.2) is 92.3 Å². The molecule has 5 atom stereocenters. The summed E-state index contributed by atoms with van der Waals surface area (Å²) in [6.45, 7) is 0.351. The molecule has 0 saturated carbocycles. The van der Waals surface area contributed by atoms with E-state index < -0.39 is 17.9 Å². The van der Waals surface area contributed by atoms with E-state index in [0.29, 0.717) is 32.5 Å². The molecule has 0 aliphatic carbocycles. The number of thioether (sulfide) groups is 1. The molecule has 3 unspecified atom stereocenters. The number of aliphatic hydroxyl groups excluding tert-OH is 1. The Kier molecular flexibility index (Phi) is 11.1. The molecule has 3 fully saturated rings. The topological polar surface area (TPSA) is 196 Å². The summed E-state index contributed by atoms with van der Waals surface area (Å²) in [5, 5.41) is 26.8. The van der Waals surface area contributed by atoms with E-state index in [-0.39, 0.29) is 79.5 Å². The molecule has 3 aliphatic rings. The van der Waals surface area contributed by atoms with Crippen LogP contribution in [0.3, 0.4) is 0 Å². The maximum Gasteiger partial charge on any atom is 0.315 e. The summed E-state index contributed by atoms with van der Waals surface area (Å²) in [6.07, 6.45) is 2.68. The first-order valence-electron chi connectivity index (χ1n) is 14.6. The van der Waals surface area contributed by atoms with Crippen molar-refractivity contribution in [3.63, 3.8) is 0 Å². The first kappa shape index (κ1) is 33.3. The second-order valence-electron chi connectivity index (χ2n) is 11.3. The van der Waals surface area contributed by atoms with Crippen molar-refractivity contribution in [2.24, 2.45) is 5.10 Å². The number of fused-ring (bicyclic) bond motifs is 2. The van der Waals surface area contributed by atoms with Gasteiger partial charge in [0.05, 0.1) is 59.2 Å². The number of hydrazone groups is 1. The molecule has 242 valence electrons. The maximum absolute atomic E-state index is 13.2. The minimum atomic E-state index is -0.619. The summed E-state index contributed by atoms with van der Waals surface area (Å²) < 4.78 is 1.97. The van der Waals surface area contributed by atoms with Crippen LogP contribution in [0.25, 0.3) is 10.9 Å². The minimum absolute atomic E-state index is 0.00423. The largest absolute Gasteiger partial charge is 0.391 e. The van der Waals surface area contributed by atoms with E-state index in [2.05, 4.69) is 52.7 Å². The summed E-state index contributed by atoms with van der Waals surface area (Å²) >= 11 is 11.2. The van der Waals surface area contributed by atoms with Gasteiger partial charge in [-0.15, -0.1) is 0 Å². The third-order valence-electron chi connectivity index (χ3n) is 8.00. The number of aromatic nitrogens is 2. The number of aliphatic hydroxyl groups is 1. The molecule has 0 spiro atoms. The van der Waals surface area contributed by atoms with E-state index in [0.717, 1.165) is 18.7 Å². The van der Waals surface area contributed by atoms with Crippen LogP contribution in [0, 0.1) is 0 Å². The lowest BCUT2D eigenvalue weighted by Gasteiger charge is -2.29. The number of Topliss-reactive ketones (excluding diaryl/α,β-unsaturated/α-hetero) is 1. The standard InChI is InChI=1S/C28H34BrClN8O6S/c29-17-9-19-16(8-18(17)30)27(43)38(13-33-19)11-14(6-20-22(40)2-1-5-31-20)36-37-25(42)10-32-24(41)4-3-15(39)7-23-26-21(12-45-23)34-28(44)35-26/h8-9,13,20-23,26,31,40H,1-7,10-12H2,(H,32,41)(H,37,42)(H2,34,35,44)/b36-14+/t20-,21?,22+,23?,26?/m1/s1. The number of nitrogens with zero attached hydrogens (tertiary/aromatic N) is 3. The first-order valence-corrected chi connectivity index (χ1v) is 16.9. The molecule has 1 aromatic heterocycles. The molecule has 4 amide bonds. The predicted octanol–water partition coefficient (Wildman–Crippen LogP) is 0.809. The van der Waals surface area contributed by atoms with Crippen LogP contribution in [-0.2, 0) is 20.9 Å². The second-order valence-corrected chi connectivity index (χ2v) is 13.8. The summed E-state index contributed by atoms with van der Waals surface area (Å²) in [7, 11) is 0. The normalized spacial score (nSPS) is 24.6. The maximum atomic E-state index is 13.2. The van der Waals surface area contributed by atoms with Crippen LogP contribution in [0.15, 0.2) is 32.8 Å². The van der Waals surface area contributed by atoms with E-state index in [1.165, 1.54) is 17.0 Å². The van der Waals surface area contributed by atoms with Crippen LogP contribution in [0.5, 0.6) is 0 Å². The first-order chi connectivity index (χ1) is 21.6. The van der Waals surface area contributed by atoms with E-state index in [4.69, 9.17) is 11.6 Å². The monoisotopic (exact) mass is 724 g/mol. The Labute approximate surface area is 276 Å². The smallest absolute Gasteiger partial charge is 0.315 e. The minimum Gasteiger partial charge on any atom is -0.391 e. The zero-order chi connectivity index (χ0) is 32.1. The van der Waals surface area contributed by atoms with Gasteiger partial charge >= 0.3 is 6.03 Å². The average molecular weight is 726 g/mol. The molecule has 2 aromatic rings. The third kappa shape index (κ3) is 8.61. The van der Waals surface area contributed by atoms with Crippen LogP contribution < -0.4 is 32.3 Å². The highest BCUT2D eigenvalue weighted by molar-refractivity contribution is 9.10. The molecule has 3 saturated heterocycles. The fraction of sp³-hybridized carbons (Fsp3) is 0.536. The number of halogens is 2. The number of hydrogen-bond donors (Lipinski definition) is 6. The SMILES string of the molecule is O=C(CCC(=O)NCC(=O)N/N=C(\C[C@H]1NCCC[C@@H]1O)Cn1cnc2cc(Br)c(Cl)cc2c1=O)CC1SCC2NC(=O)NC21. The van der Waals surface area contributed by atoms with Gasteiger partial charge in [-0.05, 0) is 47.4 Å². The van der Waals surface area contributed by atoms with Gasteiger partial charge in [0.15, 0.2) is 0 Å². The van der Waals surface area contributed by atoms with Gasteiger partial charge in [0.25, 0.3) is 11.5 Å². The van der Waals surface area contributed by atoms with Gasteiger partial charge < -0.3 is 26.4 Å². The van der Waals surface area contributed by atoms with Crippen molar-refractivity contribution >= 4 is 79.5 Å². The quantitative estimate of drug-likeness (QED) is 0.104. The Bertz CT molecular complexity index is 1570. The molecular weight excluding hydrogens is 692 g/mol. The molecule has 4 heterocycles. The summed E-state index contributed by atoms with van der Waals surface area (Å²) in [4.78, 5) is 66.5. The Morgan fingerprint density at radius 3 is 2.80 bits per heavy atom. The molecule has 5 rings (SSSR count). The van der Waals surface area contributed by atoms with Gasteiger partial charge in [-0.25, -0.2) is 15.2 Å². The molecule has 3 aliphatic heterocycles. The number of carbonyl (C=O) groups is 4. The van der Waals surface area contributed by atoms with Crippen molar-refractivity contribution in [2.75, 3.05) is 18.8 Å². The summed E-state index contributed by atoms with van der Waals surface area (Å²) in [6, 6.07) is 2.56. The summed E-state index contributed by atoms with van der Waals surface area (Å²) in [5.74, 6) is -0.399. The van der Waals surface area contributed by atoms with Crippen molar-refractivity contribution in [3.8, 4) is 0 Å². The highest BCUT2D eigenvalue weighted by Crippen LogP contribution is 2.32. The molecular formula is C28H34BrClN8O6S. The number of hydrogen-bond acceptors (Lipinski definition) is 10. The molecule has 17 heteroatoms. The van der Waals surface area contributed by atoms with Gasteiger partial charge in [-0.2, -0.15) is 16.9 Å². The number of benzene rings is 1. The molecule has 45 heavy (non-hydrogen) atoms. The van der Waals surface area contributed by atoms with Crippen molar-refractivity contribution in [1.29, 1.82) is 0 Å². The van der Waals surface area contributed by atoms with Gasteiger partial charge in [0.2, 0.25) is 5.91 Å². The van der Waals surface area contributed by atoms with Crippen LogP contribution in [0.4, 0.5) is 4.79 Å². The fourth-order valence-electron chi connectivity index (χ4n) is 5.60. The van der Waals surface area contributed by atoms with Gasteiger partial charge in [0.1, 0.15) is 5.78 Å². The van der Waals surface area contributed by atoms with E-state index >= 15 is 0 Å². The number of nitrogens with one attached hydrogen (secondary N) is 5. The van der Waals surface area contributed by atoms with E-state index in [9.17, 15) is 29.1 Å². The number of urea groups is 1. The lowest BCUT2D eigenvalue weighted by atomic mass is 9.96. The molecule has 14 nitrogen and oxygen atoms in total. The number of rotatable bonds is 12. The van der Waals surface area contributed by atoms with Crippen LogP contribution in [0.2, 0.25) is 5.02 Å². The van der Waals surface area contributed by atoms with Crippen LogP contribution >= 0.6 is 39.3 Å². The third-order valence-corrected chi connectivity index (χ3v) is 10.6. The highest BCUT2D eigenvalue weighted by Gasteiger charge is 2.43. The summed E-state index contributed by atoms with van der Waals surface area (Å²) in [5.41, 5.74) is 2.95. The predicted molar refractivity (Wildman–Crippen MR) is 173 cm³/mol. The lowest BCUT2D eigenvalue weighted by Crippen LogP contribution is -2.46. The average Bonchev–Trinajstić information content (AvgIpc) is 3.56. The van der Waals surface area contributed by atoms with Crippen LogP contribution in [0.1, 0.15) is 38.5 Å². The molecule has 0 radical (unpaired) electrons. The van der Waals surface area contributed by atoms with Crippen molar-refractivity contribution in [1.82, 2.24) is 36.2 Å². The van der Waals surface area contributed by atoms with Gasteiger partial charge in [-0.3, -0.25) is 23.7 Å². The Morgan fingerprint density at radius 1 is 1.18 bits per heavy atom. The zero-order valence-corrected chi connectivity index (χ0v) is 27.3. The molecule has 0 bridgehead atoms. The van der Waals surface area contributed by atoms with Crippen molar-refractivity contribution in [3.05, 3.63) is 38.3 Å². The Morgan fingerprint density at radius 2 is 2.00 bits per heavy atom. The van der Waals surface area contributed by atoms with Crippen molar-refractivity contribution in [2.45, 2.75) is 74.5 Å². The number of amides is 4. The Balaban J connectivity index is 1.15. The van der Waals surface area contributed by atoms with E-state index in [1.807, 2.05) is 0 Å². The number of ketones is 1. The zero-order valence-electron chi connectivity index (χ0n) is 24.2. The molecule has 1 aromatic carbocycles. The van der Waals surface area contributed by atoms with Gasteiger partial charge in [0, 0.05) is 47.2 Å². The Hall–Kier alpha value is -3.05.